The van der Waals surface area contributed by atoms with Gasteiger partial charge in [0.05, 0.1) is 16.4 Å². The first kappa shape index (κ1) is 14.9. The maximum atomic E-state index is 6.44. The molecule has 1 fully saturated rings. The number of aromatic nitrogens is 2. The van der Waals surface area contributed by atoms with Crippen LogP contribution in [0.4, 0.5) is 0 Å². The lowest BCUT2D eigenvalue weighted by Crippen LogP contribution is -2.12. The predicted octanol–water partition coefficient (Wildman–Crippen LogP) is 5.79. The molecule has 1 heterocycles. The zero-order chi connectivity index (χ0) is 15.0. The predicted molar refractivity (Wildman–Crippen MR) is 90.0 cm³/mol. The van der Waals surface area contributed by atoms with E-state index in [4.69, 9.17) is 16.6 Å². The van der Waals surface area contributed by atoms with E-state index >= 15 is 0 Å². The van der Waals surface area contributed by atoms with Crippen molar-refractivity contribution in [3.8, 4) is 0 Å². The largest absolute Gasteiger partial charge is 0.324 e. The highest BCUT2D eigenvalue weighted by atomic mass is 35.5. The quantitative estimate of drug-likeness (QED) is 0.507. The molecule has 1 saturated carbocycles. The third kappa shape index (κ3) is 2.83. The van der Waals surface area contributed by atoms with Crippen LogP contribution in [0.3, 0.4) is 0 Å². The summed E-state index contributed by atoms with van der Waals surface area (Å²) in [5, 5.41) is -0.0440. The second-order valence-electron chi connectivity index (χ2n) is 6.67. The molecule has 1 aromatic heterocycles. The fraction of sp³-hybridized carbons (Fsp3) is 0.611. The van der Waals surface area contributed by atoms with Crippen molar-refractivity contribution in [1.29, 1.82) is 0 Å². The van der Waals surface area contributed by atoms with Gasteiger partial charge in [0, 0.05) is 6.04 Å². The Labute approximate surface area is 132 Å². The summed E-state index contributed by atoms with van der Waals surface area (Å²) in [4.78, 5) is 4.87. The number of benzene rings is 1. The van der Waals surface area contributed by atoms with Crippen molar-refractivity contribution < 1.29 is 0 Å². The van der Waals surface area contributed by atoms with Gasteiger partial charge in [-0.2, -0.15) is 0 Å². The van der Waals surface area contributed by atoms with Crippen LogP contribution in [0.2, 0.25) is 0 Å². The summed E-state index contributed by atoms with van der Waals surface area (Å²) in [5.74, 6) is 1.89. The standard InChI is InChI=1S/C18H25ClN2/c1-12-6-4-8-15(11-10-12)21-16-9-5-7-13(2)17(16)20-18(21)14(3)19/h5,7,9,12,14-15H,4,6,8,10-11H2,1-3H3. The summed E-state index contributed by atoms with van der Waals surface area (Å²) in [7, 11) is 0. The van der Waals surface area contributed by atoms with Gasteiger partial charge in [0.2, 0.25) is 0 Å². The van der Waals surface area contributed by atoms with E-state index in [2.05, 4.69) is 36.6 Å². The Kier molecular flexibility index (Phi) is 4.26. The monoisotopic (exact) mass is 304 g/mol. The van der Waals surface area contributed by atoms with Crippen LogP contribution in [0.25, 0.3) is 11.0 Å². The van der Waals surface area contributed by atoms with Gasteiger partial charge in [0.25, 0.3) is 0 Å². The zero-order valence-electron chi connectivity index (χ0n) is 13.3. The van der Waals surface area contributed by atoms with Crippen molar-refractivity contribution >= 4 is 22.6 Å². The van der Waals surface area contributed by atoms with Gasteiger partial charge in [0.15, 0.2) is 0 Å². The van der Waals surface area contributed by atoms with Crippen LogP contribution in [-0.2, 0) is 0 Å². The van der Waals surface area contributed by atoms with Gasteiger partial charge in [-0.05, 0) is 50.7 Å². The van der Waals surface area contributed by atoms with Crippen molar-refractivity contribution in [2.75, 3.05) is 0 Å². The lowest BCUT2D eigenvalue weighted by molar-refractivity contribution is 0.430. The normalized spacial score (nSPS) is 25.0. The minimum atomic E-state index is -0.0440. The van der Waals surface area contributed by atoms with Gasteiger partial charge in [-0.15, -0.1) is 11.6 Å². The number of alkyl halides is 1. The SMILES string of the molecule is Cc1cccc2c1nc(C(C)Cl)n2C1CCCC(C)CC1. The van der Waals surface area contributed by atoms with E-state index in [1.54, 1.807) is 0 Å². The number of hydrogen-bond donors (Lipinski definition) is 0. The number of nitrogens with zero attached hydrogens (tertiary/aromatic N) is 2. The second kappa shape index (κ2) is 6.00. The topological polar surface area (TPSA) is 17.8 Å². The lowest BCUT2D eigenvalue weighted by atomic mass is 10.0. The molecule has 1 aliphatic rings. The molecule has 1 aliphatic carbocycles. The summed E-state index contributed by atoms with van der Waals surface area (Å²) in [5.41, 5.74) is 3.63. The average Bonchev–Trinajstić information content (AvgIpc) is 2.71. The molecule has 2 aromatic rings. The van der Waals surface area contributed by atoms with Crippen LogP contribution >= 0.6 is 11.6 Å². The van der Waals surface area contributed by atoms with E-state index in [0.29, 0.717) is 6.04 Å². The number of aryl methyl sites for hydroxylation is 1. The number of imidazole rings is 1. The maximum Gasteiger partial charge on any atom is 0.127 e. The fourth-order valence-corrected chi connectivity index (χ4v) is 3.82. The molecule has 114 valence electrons. The molecule has 21 heavy (non-hydrogen) atoms. The van der Waals surface area contributed by atoms with E-state index in [9.17, 15) is 0 Å². The summed E-state index contributed by atoms with van der Waals surface area (Å²) in [6, 6.07) is 7.03. The smallest absolute Gasteiger partial charge is 0.127 e. The number of fused-ring (bicyclic) bond motifs is 1. The van der Waals surface area contributed by atoms with Crippen molar-refractivity contribution in [2.24, 2.45) is 5.92 Å². The first-order chi connectivity index (χ1) is 10.1. The van der Waals surface area contributed by atoms with Crippen LogP contribution < -0.4 is 0 Å². The first-order valence-corrected chi connectivity index (χ1v) is 8.63. The van der Waals surface area contributed by atoms with E-state index in [-0.39, 0.29) is 5.38 Å². The van der Waals surface area contributed by atoms with Gasteiger partial charge in [0.1, 0.15) is 5.82 Å². The van der Waals surface area contributed by atoms with E-state index in [1.807, 2.05) is 6.92 Å². The Morgan fingerprint density at radius 1 is 1.24 bits per heavy atom. The zero-order valence-corrected chi connectivity index (χ0v) is 14.0. The van der Waals surface area contributed by atoms with Crippen LogP contribution in [0.1, 0.15) is 68.8 Å². The molecule has 1 aromatic carbocycles. The molecule has 0 saturated heterocycles. The lowest BCUT2D eigenvalue weighted by Gasteiger charge is -2.21. The molecule has 3 heteroatoms. The van der Waals surface area contributed by atoms with Gasteiger partial charge in [-0.3, -0.25) is 0 Å². The van der Waals surface area contributed by atoms with Crippen molar-refractivity contribution in [3.63, 3.8) is 0 Å². The summed E-state index contributed by atoms with van der Waals surface area (Å²) in [6.07, 6.45) is 6.48. The molecular weight excluding hydrogens is 280 g/mol. The molecule has 0 amide bonds. The third-order valence-electron chi connectivity index (χ3n) is 4.90. The summed E-state index contributed by atoms with van der Waals surface area (Å²) < 4.78 is 2.44. The molecule has 3 rings (SSSR count). The number of rotatable bonds is 2. The Balaban J connectivity index is 2.11. The van der Waals surface area contributed by atoms with Gasteiger partial charge in [-0.25, -0.2) is 4.98 Å². The highest BCUT2D eigenvalue weighted by Crippen LogP contribution is 2.36. The van der Waals surface area contributed by atoms with Gasteiger partial charge < -0.3 is 4.57 Å². The minimum Gasteiger partial charge on any atom is -0.324 e. The van der Waals surface area contributed by atoms with Crippen LogP contribution in [0, 0.1) is 12.8 Å². The molecule has 0 N–H and O–H groups in total. The Morgan fingerprint density at radius 3 is 2.81 bits per heavy atom. The summed E-state index contributed by atoms with van der Waals surface area (Å²) >= 11 is 6.44. The Bertz CT molecular complexity index is 629. The number of para-hydroxylation sites is 1. The first-order valence-electron chi connectivity index (χ1n) is 8.19. The van der Waals surface area contributed by atoms with Crippen molar-refractivity contribution in [1.82, 2.24) is 9.55 Å². The molecule has 0 bridgehead atoms. The van der Waals surface area contributed by atoms with Crippen molar-refractivity contribution in [2.45, 2.75) is 64.3 Å². The molecule has 3 atom stereocenters. The molecule has 3 unspecified atom stereocenters. The molecule has 0 radical (unpaired) electrons. The molecule has 0 aliphatic heterocycles. The molecule has 2 nitrogen and oxygen atoms in total. The summed E-state index contributed by atoms with van der Waals surface area (Å²) in [6.45, 7) is 6.55. The molecular formula is C18H25ClN2. The third-order valence-corrected chi connectivity index (χ3v) is 5.09. The van der Waals surface area contributed by atoms with Gasteiger partial charge >= 0.3 is 0 Å². The number of hydrogen-bond acceptors (Lipinski definition) is 1. The highest BCUT2D eigenvalue weighted by Gasteiger charge is 2.24. The van der Waals surface area contributed by atoms with Gasteiger partial charge in [-0.1, -0.05) is 31.9 Å². The molecule has 0 spiro atoms. The average molecular weight is 305 g/mol. The Morgan fingerprint density at radius 2 is 2.05 bits per heavy atom. The minimum absolute atomic E-state index is 0.0440. The van der Waals surface area contributed by atoms with Crippen molar-refractivity contribution in [3.05, 3.63) is 29.6 Å². The van der Waals surface area contributed by atoms with Crippen LogP contribution in [0.15, 0.2) is 18.2 Å². The van der Waals surface area contributed by atoms with Crippen LogP contribution in [-0.4, -0.2) is 9.55 Å². The maximum absolute atomic E-state index is 6.44. The van der Waals surface area contributed by atoms with E-state index < -0.39 is 0 Å². The van der Waals surface area contributed by atoms with E-state index in [0.717, 1.165) is 17.3 Å². The van der Waals surface area contributed by atoms with E-state index in [1.165, 1.54) is 43.2 Å². The highest BCUT2D eigenvalue weighted by molar-refractivity contribution is 6.20. The number of halogens is 1. The van der Waals surface area contributed by atoms with Crippen LogP contribution in [0.5, 0.6) is 0 Å². The second-order valence-corrected chi connectivity index (χ2v) is 7.32. The fourth-order valence-electron chi connectivity index (χ4n) is 3.67. The Hall–Kier alpha value is -1.02.